The number of hydrogen-bond donors (Lipinski definition) is 3. The van der Waals surface area contributed by atoms with Crippen molar-refractivity contribution in [3.8, 4) is 22.6 Å². The molecule has 0 aliphatic heterocycles. The predicted octanol–water partition coefficient (Wildman–Crippen LogP) is 4.46. The molecule has 7 heteroatoms. The number of carboxylic acids is 1. The maximum absolute atomic E-state index is 12.6. The van der Waals surface area contributed by atoms with E-state index in [-0.39, 0.29) is 30.4 Å². The Kier molecular flexibility index (Phi) is 5.98. The number of ether oxygens (including phenoxy) is 2. The van der Waals surface area contributed by atoms with Crippen LogP contribution in [0.2, 0.25) is 0 Å². The van der Waals surface area contributed by atoms with Crippen molar-refractivity contribution in [3.63, 3.8) is 0 Å². The first kappa shape index (κ1) is 21.2. The van der Waals surface area contributed by atoms with Crippen LogP contribution in [0.4, 0.5) is 4.79 Å². The van der Waals surface area contributed by atoms with Crippen LogP contribution in [-0.2, 0) is 9.53 Å². The molecule has 0 fully saturated rings. The molecule has 0 bridgehead atoms. The fraction of sp³-hybridized carbons (Fsp3) is 0.200. The summed E-state index contributed by atoms with van der Waals surface area (Å²) in [5.41, 5.74) is 4.84. The molecule has 1 amide bonds. The highest BCUT2D eigenvalue weighted by Crippen LogP contribution is 2.44. The van der Waals surface area contributed by atoms with Gasteiger partial charge in [-0.15, -0.1) is 0 Å². The monoisotopic (exact) mass is 433 g/mol. The van der Waals surface area contributed by atoms with Crippen molar-refractivity contribution >= 4 is 12.1 Å². The van der Waals surface area contributed by atoms with Gasteiger partial charge in [0, 0.05) is 5.92 Å². The molecule has 4 rings (SSSR count). The molecule has 0 aromatic heterocycles. The second-order valence-corrected chi connectivity index (χ2v) is 7.55. The highest BCUT2D eigenvalue weighted by Gasteiger charge is 2.29. The third-order valence-corrected chi connectivity index (χ3v) is 5.62. The van der Waals surface area contributed by atoms with Gasteiger partial charge >= 0.3 is 12.1 Å². The maximum atomic E-state index is 12.6. The molecule has 0 saturated heterocycles. The Bertz CT molecular complexity index is 1110. The van der Waals surface area contributed by atoms with E-state index in [1.165, 1.54) is 19.2 Å². The summed E-state index contributed by atoms with van der Waals surface area (Å²) in [6, 6.07) is 19.6. The number of nitrogens with one attached hydrogen (secondary N) is 1. The first-order chi connectivity index (χ1) is 15.5. The Balaban J connectivity index is 1.48. The third kappa shape index (κ3) is 4.23. The minimum absolute atomic E-state index is 0.101. The third-order valence-electron chi connectivity index (χ3n) is 5.62. The number of methoxy groups -OCH3 is 1. The van der Waals surface area contributed by atoms with Crippen LogP contribution in [0.3, 0.4) is 0 Å². The molecule has 32 heavy (non-hydrogen) atoms. The molecule has 3 aromatic rings. The maximum Gasteiger partial charge on any atom is 0.407 e. The molecule has 1 aliphatic rings. The van der Waals surface area contributed by atoms with E-state index in [1.54, 1.807) is 6.07 Å². The largest absolute Gasteiger partial charge is 0.504 e. The Morgan fingerprint density at radius 3 is 2.19 bits per heavy atom. The van der Waals surface area contributed by atoms with Crippen molar-refractivity contribution in [2.75, 3.05) is 13.7 Å². The normalized spacial score (nSPS) is 13.0. The Labute approximate surface area is 185 Å². The van der Waals surface area contributed by atoms with Crippen LogP contribution in [0.5, 0.6) is 11.5 Å². The molecule has 0 heterocycles. The number of aliphatic carboxylic acids is 1. The van der Waals surface area contributed by atoms with Crippen molar-refractivity contribution in [3.05, 3.63) is 83.4 Å². The Hall–Kier alpha value is -4.00. The fourth-order valence-electron chi connectivity index (χ4n) is 4.13. The van der Waals surface area contributed by atoms with Crippen molar-refractivity contribution in [1.82, 2.24) is 5.32 Å². The summed E-state index contributed by atoms with van der Waals surface area (Å²) in [7, 11) is 1.42. The first-order valence-electron chi connectivity index (χ1n) is 10.2. The SMILES string of the molecule is COc1ccc(C(CC(=O)O)NC(=O)OCC2c3ccccc3-c3ccccc32)cc1O. The lowest BCUT2D eigenvalue weighted by atomic mass is 9.98. The molecule has 3 N–H and O–H groups in total. The van der Waals surface area contributed by atoms with Crippen LogP contribution in [0.25, 0.3) is 11.1 Å². The average molecular weight is 433 g/mol. The van der Waals surface area contributed by atoms with Crippen LogP contribution < -0.4 is 10.1 Å². The van der Waals surface area contributed by atoms with E-state index in [9.17, 15) is 19.8 Å². The lowest BCUT2D eigenvalue weighted by molar-refractivity contribution is -0.137. The van der Waals surface area contributed by atoms with Crippen LogP contribution in [-0.4, -0.2) is 36.0 Å². The topological polar surface area (TPSA) is 105 Å². The zero-order valence-electron chi connectivity index (χ0n) is 17.4. The molecule has 0 spiro atoms. The number of carboxylic acid groups (broad SMARTS) is 1. The highest BCUT2D eigenvalue weighted by atomic mass is 16.5. The van der Waals surface area contributed by atoms with E-state index in [4.69, 9.17) is 9.47 Å². The summed E-state index contributed by atoms with van der Waals surface area (Å²) in [4.78, 5) is 23.9. The standard InChI is InChI=1S/C25H23NO6/c1-31-23-11-10-15(12-22(23)27)21(13-24(28)29)26-25(30)32-14-20-18-8-4-2-6-16(18)17-7-3-5-9-19(17)20/h2-12,20-21,27H,13-14H2,1H3,(H,26,30)(H,28,29). The van der Waals surface area contributed by atoms with Crippen LogP contribution in [0, 0.1) is 0 Å². The van der Waals surface area contributed by atoms with E-state index in [2.05, 4.69) is 5.32 Å². The van der Waals surface area contributed by atoms with Crippen LogP contribution in [0.1, 0.15) is 35.1 Å². The van der Waals surface area contributed by atoms with Crippen molar-refractivity contribution in [2.24, 2.45) is 0 Å². The Morgan fingerprint density at radius 2 is 1.62 bits per heavy atom. The number of alkyl carbamates (subject to hydrolysis) is 1. The van der Waals surface area contributed by atoms with E-state index < -0.39 is 18.1 Å². The Morgan fingerprint density at radius 1 is 1.00 bits per heavy atom. The zero-order chi connectivity index (χ0) is 22.7. The predicted molar refractivity (Wildman–Crippen MR) is 118 cm³/mol. The number of phenols is 1. The van der Waals surface area contributed by atoms with Crippen LogP contribution >= 0.6 is 0 Å². The molecular formula is C25H23NO6. The van der Waals surface area contributed by atoms with Gasteiger partial charge in [0.15, 0.2) is 11.5 Å². The van der Waals surface area contributed by atoms with E-state index in [0.717, 1.165) is 22.3 Å². The highest BCUT2D eigenvalue weighted by molar-refractivity contribution is 5.79. The number of carbonyl (C=O) groups is 2. The lowest BCUT2D eigenvalue weighted by Gasteiger charge is -2.20. The van der Waals surface area contributed by atoms with Gasteiger partial charge in [-0.05, 0) is 39.9 Å². The van der Waals surface area contributed by atoms with Gasteiger partial charge in [-0.3, -0.25) is 4.79 Å². The van der Waals surface area contributed by atoms with Crippen molar-refractivity contribution < 1.29 is 29.3 Å². The number of hydrogen-bond acceptors (Lipinski definition) is 5. The van der Waals surface area contributed by atoms with Crippen molar-refractivity contribution in [2.45, 2.75) is 18.4 Å². The molecule has 0 saturated carbocycles. The van der Waals surface area contributed by atoms with Crippen LogP contribution in [0.15, 0.2) is 66.7 Å². The summed E-state index contributed by atoms with van der Waals surface area (Å²) >= 11 is 0. The smallest absolute Gasteiger partial charge is 0.407 e. The summed E-state index contributed by atoms with van der Waals surface area (Å²) in [6.45, 7) is 0.119. The summed E-state index contributed by atoms with van der Waals surface area (Å²) in [5, 5.41) is 21.9. The van der Waals surface area contributed by atoms with Gasteiger partial charge in [0.1, 0.15) is 6.61 Å². The van der Waals surface area contributed by atoms with Gasteiger partial charge in [0.2, 0.25) is 0 Å². The summed E-state index contributed by atoms with van der Waals surface area (Å²) in [5.74, 6) is -1.08. The van der Waals surface area contributed by atoms with E-state index in [1.807, 2.05) is 48.5 Å². The molecule has 1 aliphatic carbocycles. The summed E-state index contributed by atoms with van der Waals surface area (Å²) < 4.78 is 10.5. The molecule has 7 nitrogen and oxygen atoms in total. The molecular weight excluding hydrogens is 410 g/mol. The molecule has 1 unspecified atom stereocenters. The first-order valence-corrected chi connectivity index (χ1v) is 10.2. The zero-order valence-corrected chi connectivity index (χ0v) is 17.4. The molecule has 164 valence electrons. The van der Waals surface area contributed by atoms with Crippen molar-refractivity contribution in [1.29, 1.82) is 0 Å². The van der Waals surface area contributed by atoms with Gasteiger partial charge < -0.3 is 25.0 Å². The van der Waals surface area contributed by atoms with Gasteiger partial charge in [0.25, 0.3) is 0 Å². The molecule has 1 atom stereocenters. The molecule has 0 radical (unpaired) electrons. The number of carbonyl (C=O) groups excluding carboxylic acids is 1. The van der Waals surface area contributed by atoms with Gasteiger partial charge in [-0.25, -0.2) is 4.79 Å². The second kappa shape index (κ2) is 9.01. The van der Waals surface area contributed by atoms with Gasteiger partial charge in [0.05, 0.1) is 19.6 Å². The fourth-order valence-corrected chi connectivity index (χ4v) is 4.13. The molecule has 3 aromatic carbocycles. The number of aromatic hydroxyl groups is 1. The van der Waals surface area contributed by atoms with E-state index in [0.29, 0.717) is 5.56 Å². The number of phenolic OH excluding ortho intramolecular Hbond substituents is 1. The van der Waals surface area contributed by atoms with Gasteiger partial charge in [-0.2, -0.15) is 0 Å². The lowest BCUT2D eigenvalue weighted by Crippen LogP contribution is -2.31. The quantitative estimate of drug-likeness (QED) is 0.508. The number of rotatable bonds is 7. The minimum Gasteiger partial charge on any atom is -0.504 e. The van der Waals surface area contributed by atoms with E-state index >= 15 is 0 Å². The number of benzene rings is 3. The average Bonchev–Trinajstić information content (AvgIpc) is 3.10. The minimum atomic E-state index is -1.09. The second-order valence-electron chi connectivity index (χ2n) is 7.55. The number of fused-ring (bicyclic) bond motifs is 3. The number of amides is 1. The summed E-state index contributed by atoms with van der Waals surface area (Å²) in [6.07, 6.45) is -1.09. The van der Waals surface area contributed by atoms with Gasteiger partial charge in [-0.1, -0.05) is 54.6 Å².